The fourth-order valence-electron chi connectivity index (χ4n) is 3.08. The van der Waals surface area contributed by atoms with Gasteiger partial charge in [-0.25, -0.2) is 8.42 Å². The molecule has 0 saturated heterocycles. The Morgan fingerprint density at radius 1 is 0.969 bits per heavy atom. The lowest BCUT2D eigenvalue weighted by Gasteiger charge is -2.13. The van der Waals surface area contributed by atoms with E-state index in [0.717, 1.165) is 10.1 Å². The molecule has 0 aliphatic heterocycles. The average molecular weight is 526 g/mol. The highest BCUT2D eigenvalue weighted by Crippen LogP contribution is 2.37. The molecule has 3 aromatic carbocycles. The maximum atomic E-state index is 13.0. The first kappa shape index (κ1) is 22.9. The molecule has 4 rings (SSSR count). The molecule has 0 atom stereocenters. The van der Waals surface area contributed by atoms with E-state index in [1.165, 1.54) is 17.4 Å². The highest BCUT2D eigenvalue weighted by atomic mass is 35.5. The van der Waals surface area contributed by atoms with Gasteiger partial charge in [0.2, 0.25) is 0 Å². The van der Waals surface area contributed by atoms with Gasteiger partial charge in [-0.3, -0.25) is 9.52 Å². The summed E-state index contributed by atoms with van der Waals surface area (Å²) >= 11 is 19.7. The summed E-state index contributed by atoms with van der Waals surface area (Å²) in [6.45, 7) is 1.67. The van der Waals surface area contributed by atoms with Gasteiger partial charge >= 0.3 is 0 Å². The normalized spacial score (nSPS) is 11.5. The van der Waals surface area contributed by atoms with Crippen LogP contribution >= 0.6 is 46.1 Å². The zero-order chi connectivity index (χ0) is 23.0. The fourth-order valence-corrected chi connectivity index (χ4v) is 6.36. The summed E-state index contributed by atoms with van der Waals surface area (Å²) in [5.74, 6) is -0.446. The molecule has 0 aliphatic carbocycles. The average Bonchev–Trinajstić information content (AvgIpc) is 3.06. The maximum absolute atomic E-state index is 13.0. The van der Waals surface area contributed by atoms with Gasteiger partial charge in [0.1, 0.15) is 4.88 Å². The molecule has 1 amide bonds. The smallest absolute Gasteiger partial charge is 0.267 e. The SMILES string of the molecule is Cc1ccc(NC(=O)c2sc3cc(Cl)ccc3c2Cl)cc1S(=O)(=O)Nc1ccccc1Cl. The Morgan fingerprint density at radius 3 is 2.47 bits per heavy atom. The van der Waals surface area contributed by atoms with E-state index in [4.69, 9.17) is 34.8 Å². The molecular formula is C22H15Cl3N2O3S2. The van der Waals surface area contributed by atoms with Gasteiger partial charge in [0.25, 0.3) is 15.9 Å². The third-order valence-electron chi connectivity index (χ3n) is 4.65. The van der Waals surface area contributed by atoms with Crippen molar-refractivity contribution in [1.29, 1.82) is 0 Å². The van der Waals surface area contributed by atoms with Crippen molar-refractivity contribution in [1.82, 2.24) is 0 Å². The standard InChI is InChI=1S/C22H15Cl3N2O3S2/c1-12-6-8-14(11-19(12)32(29,30)27-17-5-3-2-4-16(17)24)26-22(28)21-20(25)15-9-7-13(23)10-18(15)31-21/h2-11,27H,1H3,(H,26,28). The molecule has 0 saturated carbocycles. The number of para-hydroxylation sites is 1. The van der Waals surface area contributed by atoms with E-state index in [2.05, 4.69) is 10.0 Å². The fraction of sp³-hybridized carbons (Fsp3) is 0.0455. The first-order chi connectivity index (χ1) is 15.2. The molecule has 164 valence electrons. The quantitative estimate of drug-likeness (QED) is 0.289. The van der Waals surface area contributed by atoms with Crippen molar-refractivity contribution in [2.75, 3.05) is 10.0 Å². The number of halogens is 3. The largest absolute Gasteiger partial charge is 0.321 e. The van der Waals surface area contributed by atoms with Crippen molar-refractivity contribution in [2.24, 2.45) is 0 Å². The van der Waals surface area contributed by atoms with Gasteiger partial charge in [0, 0.05) is 20.8 Å². The number of aryl methyl sites for hydroxylation is 1. The van der Waals surface area contributed by atoms with Gasteiger partial charge in [-0.1, -0.05) is 59.1 Å². The predicted octanol–water partition coefficient (Wildman–Crippen LogP) is 7.22. The van der Waals surface area contributed by atoms with Crippen molar-refractivity contribution < 1.29 is 13.2 Å². The summed E-state index contributed by atoms with van der Waals surface area (Å²) in [6, 6.07) is 16.4. The summed E-state index contributed by atoms with van der Waals surface area (Å²) in [7, 11) is -3.95. The number of hydrogen-bond acceptors (Lipinski definition) is 4. The predicted molar refractivity (Wildman–Crippen MR) is 133 cm³/mol. The van der Waals surface area contributed by atoms with E-state index < -0.39 is 15.9 Å². The van der Waals surface area contributed by atoms with Crippen LogP contribution in [-0.4, -0.2) is 14.3 Å². The van der Waals surface area contributed by atoms with Crippen molar-refractivity contribution in [3.05, 3.63) is 86.2 Å². The van der Waals surface area contributed by atoms with Gasteiger partial charge < -0.3 is 5.32 Å². The van der Waals surface area contributed by atoms with Crippen LogP contribution in [0.4, 0.5) is 11.4 Å². The summed E-state index contributed by atoms with van der Waals surface area (Å²) < 4.78 is 29.2. The lowest BCUT2D eigenvalue weighted by molar-refractivity contribution is 0.103. The van der Waals surface area contributed by atoms with E-state index in [1.54, 1.807) is 61.5 Å². The molecule has 10 heteroatoms. The number of nitrogens with one attached hydrogen (secondary N) is 2. The van der Waals surface area contributed by atoms with E-state index in [-0.39, 0.29) is 15.6 Å². The number of sulfonamides is 1. The molecule has 32 heavy (non-hydrogen) atoms. The van der Waals surface area contributed by atoms with Gasteiger partial charge in [0.15, 0.2) is 0 Å². The van der Waals surface area contributed by atoms with Gasteiger partial charge in [0.05, 0.1) is 20.6 Å². The maximum Gasteiger partial charge on any atom is 0.267 e. The minimum Gasteiger partial charge on any atom is -0.321 e. The van der Waals surface area contributed by atoms with Gasteiger partial charge in [-0.2, -0.15) is 0 Å². The first-order valence-electron chi connectivity index (χ1n) is 9.22. The lowest BCUT2D eigenvalue weighted by atomic mass is 10.2. The van der Waals surface area contributed by atoms with Gasteiger partial charge in [-0.15, -0.1) is 11.3 Å². The lowest BCUT2D eigenvalue weighted by Crippen LogP contribution is -2.16. The minimum atomic E-state index is -3.95. The topological polar surface area (TPSA) is 75.3 Å². The van der Waals surface area contributed by atoms with Crippen LogP contribution in [0.15, 0.2) is 65.6 Å². The molecule has 1 heterocycles. The zero-order valence-electron chi connectivity index (χ0n) is 16.4. The van der Waals surface area contributed by atoms with Crippen LogP contribution in [0.25, 0.3) is 10.1 Å². The van der Waals surface area contributed by atoms with Gasteiger partial charge in [-0.05, 0) is 48.9 Å². The molecule has 1 aromatic heterocycles. The Hall–Kier alpha value is -2.29. The van der Waals surface area contributed by atoms with Crippen molar-refractivity contribution in [3.8, 4) is 0 Å². The molecular weight excluding hydrogens is 511 g/mol. The summed E-state index contributed by atoms with van der Waals surface area (Å²) in [5.41, 5.74) is 1.09. The molecule has 0 bridgehead atoms. The number of rotatable bonds is 5. The van der Waals surface area contributed by atoms with Crippen LogP contribution in [0.2, 0.25) is 15.1 Å². The molecule has 2 N–H and O–H groups in total. The number of carbonyl (C=O) groups is 1. The second kappa shape index (κ2) is 8.92. The number of carbonyl (C=O) groups excluding carboxylic acids is 1. The van der Waals surface area contributed by atoms with Crippen LogP contribution in [0, 0.1) is 6.92 Å². The highest BCUT2D eigenvalue weighted by molar-refractivity contribution is 7.92. The van der Waals surface area contributed by atoms with E-state index >= 15 is 0 Å². The van der Waals surface area contributed by atoms with E-state index in [9.17, 15) is 13.2 Å². The molecule has 0 spiro atoms. The summed E-state index contributed by atoms with van der Waals surface area (Å²) in [4.78, 5) is 13.2. The first-order valence-corrected chi connectivity index (χ1v) is 12.7. The Morgan fingerprint density at radius 2 is 1.72 bits per heavy atom. The number of fused-ring (bicyclic) bond motifs is 1. The number of thiophene rings is 1. The number of benzene rings is 3. The van der Waals surface area contributed by atoms with E-state index in [1.807, 2.05) is 0 Å². The number of anilines is 2. The second-order valence-corrected chi connectivity index (χ2v) is 10.8. The Labute approximate surface area is 204 Å². The number of hydrogen-bond donors (Lipinski definition) is 2. The van der Waals surface area contributed by atoms with Crippen LogP contribution in [-0.2, 0) is 10.0 Å². The van der Waals surface area contributed by atoms with Crippen molar-refractivity contribution >= 4 is 83.5 Å². The summed E-state index contributed by atoms with van der Waals surface area (Å²) in [6.07, 6.45) is 0. The zero-order valence-corrected chi connectivity index (χ0v) is 20.3. The Kier molecular flexibility index (Phi) is 6.38. The Bertz CT molecular complexity index is 1470. The molecule has 0 radical (unpaired) electrons. The highest BCUT2D eigenvalue weighted by Gasteiger charge is 2.21. The molecule has 0 unspecified atom stereocenters. The van der Waals surface area contributed by atoms with Crippen LogP contribution < -0.4 is 10.0 Å². The third kappa shape index (κ3) is 4.58. The minimum absolute atomic E-state index is 0.0180. The van der Waals surface area contributed by atoms with Crippen LogP contribution in [0.1, 0.15) is 15.2 Å². The molecule has 0 fully saturated rings. The molecule has 0 aliphatic rings. The second-order valence-electron chi connectivity index (χ2n) is 6.91. The van der Waals surface area contributed by atoms with Crippen molar-refractivity contribution in [3.63, 3.8) is 0 Å². The third-order valence-corrected chi connectivity index (χ3v) is 8.38. The summed E-state index contributed by atoms with van der Waals surface area (Å²) in [5, 5.41) is 4.59. The van der Waals surface area contributed by atoms with Crippen molar-refractivity contribution in [2.45, 2.75) is 11.8 Å². The van der Waals surface area contributed by atoms with E-state index in [0.29, 0.717) is 26.2 Å². The monoisotopic (exact) mass is 524 g/mol. The number of amides is 1. The Balaban J connectivity index is 1.64. The van der Waals surface area contributed by atoms with Crippen LogP contribution in [0.3, 0.4) is 0 Å². The molecule has 4 aromatic rings. The molecule has 5 nitrogen and oxygen atoms in total. The van der Waals surface area contributed by atoms with Crippen LogP contribution in [0.5, 0.6) is 0 Å².